The van der Waals surface area contributed by atoms with Crippen molar-refractivity contribution in [1.82, 2.24) is 0 Å². The van der Waals surface area contributed by atoms with Gasteiger partial charge in [0.25, 0.3) is 0 Å². The predicted molar refractivity (Wildman–Crippen MR) is 35.3 cm³/mol. The zero-order chi connectivity index (χ0) is 12.6. The Morgan fingerprint density at radius 2 is 2.00 bits per heavy atom. The van der Waals surface area contributed by atoms with Crippen LogP contribution in [0.1, 0.15) is 5.48 Å². The van der Waals surface area contributed by atoms with Crippen LogP contribution in [0.2, 0.25) is 5.65 Å². The maximum Gasteiger partial charge on any atom is 0.156 e. The molecular weight excluding hydrogens is 100 g/mol. The maximum absolute atomic E-state index is 7.50. The van der Waals surface area contributed by atoms with Gasteiger partial charge < -0.3 is 11.4 Å². The minimum Gasteiger partial charge on any atom is -0.399 e. The van der Waals surface area contributed by atoms with E-state index in [9.17, 15) is 0 Å². The van der Waals surface area contributed by atoms with E-state index >= 15 is 0 Å². The molecule has 0 aliphatic heterocycles. The van der Waals surface area contributed by atoms with Crippen LogP contribution < -0.4 is 11.4 Å². The van der Waals surface area contributed by atoms with Crippen molar-refractivity contribution in [1.29, 1.82) is 0 Å². The molecule has 0 fully saturated rings. The quantitative estimate of drug-likeness (QED) is 0.563. The number of rotatable bonds is 2. The molecule has 8 heavy (non-hydrogen) atoms. The highest BCUT2D eigenvalue weighted by Crippen LogP contribution is 2.06. The van der Waals surface area contributed by atoms with Crippen LogP contribution in [0.25, 0.3) is 0 Å². The lowest BCUT2D eigenvalue weighted by Crippen LogP contribution is -1.87. The minimum absolute atomic E-state index is 0.0326. The Hall–Kier alpha value is -1.18. The molecule has 0 unspecified atom stereocenters. The number of hydrogen-bond donors (Lipinski definition) is 2. The number of hydrogen-bond acceptors (Lipinski definition) is 2. The Morgan fingerprint density at radius 3 is 2.50 bits per heavy atom. The molecule has 0 heterocycles. The van der Waals surface area contributed by atoms with Gasteiger partial charge in [0.1, 0.15) is 0 Å². The fourth-order valence-corrected chi connectivity index (χ4v) is 0.324. The summed E-state index contributed by atoms with van der Waals surface area (Å²) in [5.41, 5.74) is -1.12. The summed E-state index contributed by atoms with van der Waals surface area (Å²) in [4.78, 5) is 0. The summed E-state index contributed by atoms with van der Waals surface area (Å²) < 4.78 is 57.6. The van der Waals surface area contributed by atoms with E-state index in [1.54, 1.807) is 0 Å². The van der Waals surface area contributed by atoms with Gasteiger partial charge in [0.05, 0.1) is 5.48 Å². The predicted octanol–water partition coefficient (Wildman–Crippen LogP) is 0.851. The van der Waals surface area contributed by atoms with Crippen LogP contribution in [0, 0.1) is 0 Å². The molecule has 0 atom stereocenters. The number of nitrogen functional groups attached to an aromatic ring is 2. The molecule has 0 saturated heterocycles. The summed E-state index contributed by atoms with van der Waals surface area (Å²) in [6.45, 7) is 0. The van der Waals surface area contributed by atoms with E-state index in [2.05, 4.69) is 0 Å². The minimum atomic E-state index is -0.624. The van der Waals surface area contributed by atoms with Gasteiger partial charge in [-0.25, -0.2) is 0 Å². The Labute approximate surface area is 59.6 Å². The topological polar surface area (TPSA) is 52.0 Å². The van der Waals surface area contributed by atoms with Gasteiger partial charge in [0.2, 0.25) is 0 Å². The summed E-state index contributed by atoms with van der Waals surface area (Å²) in [7, 11) is 0. The van der Waals surface area contributed by atoms with E-state index in [-0.39, 0.29) is 11.4 Å². The zero-order valence-corrected chi connectivity index (χ0v) is 3.89. The fourth-order valence-electron chi connectivity index (χ4n) is 0.324. The average Bonchev–Trinajstić information content (AvgIpc) is 2.13. The first-order valence-corrected chi connectivity index (χ1v) is 1.95. The monoisotopic (exact) mass is 116 g/mol. The normalized spacial score (nSPS) is 22.0. The van der Waals surface area contributed by atoms with E-state index in [0.717, 1.165) is 0 Å². The van der Waals surface area contributed by atoms with Crippen LogP contribution in [0.5, 0.6) is 0 Å². The molecule has 0 saturated carbocycles. The average molecular weight is 116 g/mol. The third kappa shape index (κ3) is 0.904. The van der Waals surface area contributed by atoms with Crippen LogP contribution in [0.15, 0.2) is 24.2 Å². The second-order valence-corrected chi connectivity index (χ2v) is 1.20. The van der Waals surface area contributed by atoms with Gasteiger partial charge in [-0.05, 0) is 18.1 Å². The van der Waals surface area contributed by atoms with Crippen molar-refractivity contribution in [2.75, 3.05) is 11.4 Å². The smallest absolute Gasteiger partial charge is 0.156 e. The SMILES string of the molecule is [2H]c1c([2H])c(N([2H])[2H])c([2H])c(N([2H])[2H])c1[2H]. The zero-order valence-electron chi connectivity index (χ0n) is 11.9. The van der Waals surface area contributed by atoms with Crippen molar-refractivity contribution in [2.45, 2.75) is 0 Å². The Morgan fingerprint density at radius 1 is 1.38 bits per heavy atom. The lowest BCUT2D eigenvalue weighted by atomic mass is 10.3. The lowest BCUT2D eigenvalue weighted by molar-refractivity contribution is 1.67. The molecule has 0 aliphatic carbocycles. The van der Waals surface area contributed by atoms with E-state index in [4.69, 9.17) is 11.1 Å². The molecule has 0 bridgehead atoms. The van der Waals surface area contributed by atoms with E-state index in [0.29, 0.717) is 0 Å². The van der Waals surface area contributed by atoms with Crippen LogP contribution in [-0.4, -0.2) is 0 Å². The third-order valence-electron chi connectivity index (χ3n) is 0.599. The van der Waals surface area contributed by atoms with Crippen LogP contribution in [0.4, 0.5) is 11.4 Å². The van der Waals surface area contributed by atoms with Crippen molar-refractivity contribution in [3.63, 3.8) is 0 Å². The first-order chi connectivity index (χ1) is 7.29. The lowest BCUT2D eigenvalue weighted by Gasteiger charge is -1.91. The Kier molecular flexibility index (Phi) is 0.229. The van der Waals surface area contributed by atoms with Crippen molar-refractivity contribution in [3.8, 4) is 0 Å². The summed E-state index contributed by atoms with van der Waals surface area (Å²) >= 11 is 0. The van der Waals surface area contributed by atoms with Crippen molar-refractivity contribution >= 4 is 11.4 Å². The second kappa shape index (κ2) is 1.74. The van der Waals surface area contributed by atoms with Gasteiger partial charge in [0.15, 0.2) is 5.65 Å². The molecule has 4 N–H and O–H groups in total. The molecule has 0 aromatic heterocycles. The largest absolute Gasteiger partial charge is 0.399 e. The van der Waals surface area contributed by atoms with E-state index in [1.165, 1.54) is 0 Å². The van der Waals surface area contributed by atoms with Crippen molar-refractivity contribution < 1.29 is 11.1 Å². The van der Waals surface area contributed by atoms with Crippen molar-refractivity contribution in [2.24, 2.45) is 0 Å². The summed E-state index contributed by atoms with van der Waals surface area (Å²) in [6.07, 6.45) is 0. The molecule has 0 radical (unpaired) electrons. The molecule has 0 aliphatic rings. The molecular formula is C6H8N2. The summed E-state index contributed by atoms with van der Waals surface area (Å²) in [6, 6.07) is -2.45. The van der Waals surface area contributed by atoms with Crippen LogP contribution in [-0.2, 0) is 0 Å². The molecule has 0 amide bonds. The highest BCUT2D eigenvalue weighted by molar-refractivity contribution is 5.50. The third-order valence-corrected chi connectivity index (χ3v) is 0.599. The van der Waals surface area contributed by atoms with E-state index < -0.39 is 35.5 Å². The first-order valence-electron chi connectivity index (χ1n) is 5.74. The molecule has 1 aromatic rings. The molecule has 0 spiro atoms. The van der Waals surface area contributed by atoms with E-state index in [1.807, 2.05) is 0 Å². The van der Waals surface area contributed by atoms with Crippen molar-refractivity contribution in [3.05, 3.63) is 24.2 Å². The highest BCUT2D eigenvalue weighted by Gasteiger charge is 1.81. The van der Waals surface area contributed by atoms with Crippen LogP contribution >= 0.6 is 0 Å². The van der Waals surface area contributed by atoms with Gasteiger partial charge >= 0.3 is 0 Å². The summed E-state index contributed by atoms with van der Waals surface area (Å²) in [5.74, 6) is 0. The molecule has 1 aromatic carbocycles. The fraction of sp³-hybridized carbons (Fsp3) is 0. The van der Waals surface area contributed by atoms with Gasteiger partial charge in [-0.15, -0.1) is 0 Å². The Balaban J connectivity index is 3.66. The number of benzene rings is 1. The number of anilines is 2. The van der Waals surface area contributed by atoms with Gasteiger partial charge in [-0.3, -0.25) is 0 Å². The standard InChI is InChI=1S/C6H8N2/c7-5-2-1-3-6(8)4-5/h1-4H,7-8H2/i1D,2D,3D,4D/hD4. The highest BCUT2D eigenvalue weighted by atomic mass is 14.6. The molecule has 1 rings (SSSR count). The van der Waals surface area contributed by atoms with Gasteiger partial charge in [-0.1, -0.05) is 6.04 Å². The first kappa shape index (κ1) is 1.05. The molecule has 2 heteroatoms. The molecule has 42 valence electrons. The Bertz CT molecular complexity index is 382. The van der Waals surface area contributed by atoms with Gasteiger partial charge in [-0.2, -0.15) is 0 Å². The number of nitrogens with two attached hydrogens (primary N) is 2. The van der Waals surface area contributed by atoms with Crippen LogP contribution in [0.3, 0.4) is 0 Å². The second-order valence-electron chi connectivity index (χ2n) is 1.20. The molecule has 2 nitrogen and oxygen atoms in total. The summed E-state index contributed by atoms with van der Waals surface area (Å²) in [5, 5.41) is 0. The maximum atomic E-state index is 7.50. The van der Waals surface area contributed by atoms with Gasteiger partial charge in [0, 0.05) is 11.4 Å².